The van der Waals surface area contributed by atoms with Crippen molar-refractivity contribution in [3.8, 4) is 11.8 Å². The van der Waals surface area contributed by atoms with Crippen LogP contribution in [0.15, 0.2) is 36.5 Å². The average Bonchev–Trinajstić information content (AvgIpc) is 2.93. The molecule has 2 heterocycles. The van der Waals surface area contributed by atoms with Crippen molar-refractivity contribution in [1.82, 2.24) is 4.98 Å². The van der Waals surface area contributed by atoms with Gasteiger partial charge >= 0.3 is 0 Å². The molecule has 3 rings (SSSR count). The highest BCUT2D eigenvalue weighted by Gasteiger charge is 2.25. The Labute approximate surface area is 117 Å². The molecule has 0 aliphatic carbocycles. The number of pyridine rings is 1. The predicted molar refractivity (Wildman–Crippen MR) is 76.4 cm³/mol. The number of nitrogen functional groups attached to an aromatic ring is 1. The van der Waals surface area contributed by atoms with Crippen LogP contribution in [0.4, 0.5) is 5.69 Å². The van der Waals surface area contributed by atoms with Crippen molar-refractivity contribution in [1.29, 1.82) is 5.26 Å². The molecule has 1 aromatic heterocycles. The zero-order valence-corrected chi connectivity index (χ0v) is 11.0. The number of hydrogen-bond donors (Lipinski definition) is 1. The third kappa shape index (κ3) is 2.19. The maximum absolute atomic E-state index is 9.13. The second-order valence-corrected chi connectivity index (χ2v) is 4.87. The van der Waals surface area contributed by atoms with E-state index in [1.54, 1.807) is 6.20 Å². The Bertz CT molecular complexity index is 661. The van der Waals surface area contributed by atoms with Gasteiger partial charge in [-0.2, -0.15) is 5.26 Å². The summed E-state index contributed by atoms with van der Waals surface area (Å²) >= 11 is 0. The Kier molecular flexibility index (Phi) is 3.26. The summed E-state index contributed by atoms with van der Waals surface area (Å²) in [6, 6.07) is 11.8. The Morgan fingerprint density at radius 3 is 3.05 bits per heavy atom. The fourth-order valence-corrected chi connectivity index (χ4v) is 2.67. The molecule has 4 heteroatoms. The molecule has 0 saturated heterocycles. The van der Waals surface area contributed by atoms with Gasteiger partial charge in [-0.3, -0.25) is 4.98 Å². The molecule has 1 aliphatic rings. The van der Waals surface area contributed by atoms with Crippen LogP contribution in [0, 0.1) is 11.3 Å². The number of ether oxygens (including phenoxy) is 1. The molecule has 0 amide bonds. The SMILES string of the molecule is N#CCC(c1ccccn1)c1cc(N)cc2c1OCC2. The van der Waals surface area contributed by atoms with E-state index in [9.17, 15) is 0 Å². The standard InChI is InChI=1S/C16H15N3O/c17-6-4-13(15-3-1-2-7-19-15)14-10-12(18)9-11-5-8-20-16(11)14/h1-3,7,9-10,13H,4-5,8,18H2. The minimum absolute atomic E-state index is 0.100. The van der Waals surface area contributed by atoms with Crippen molar-refractivity contribution in [2.24, 2.45) is 0 Å². The zero-order chi connectivity index (χ0) is 13.9. The molecule has 0 fully saturated rings. The van der Waals surface area contributed by atoms with Gasteiger partial charge in [0.25, 0.3) is 0 Å². The van der Waals surface area contributed by atoms with Gasteiger partial charge in [0.1, 0.15) is 5.75 Å². The predicted octanol–water partition coefficient (Wildman–Crippen LogP) is 2.64. The highest BCUT2D eigenvalue weighted by atomic mass is 16.5. The Hall–Kier alpha value is -2.54. The topological polar surface area (TPSA) is 71.9 Å². The largest absolute Gasteiger partial charge is 0.493 e. The molecular weight excluding hydrogens is 250 g/mol. The summed E-state index contributed by atoms with van der Waals surface area (Å²) in [6.07, 6.45) is 2.97. The summed E-state index contributed by atoms with van der Waals surface area (Å²) in [6.45, 7) is 0.674. The number of fused-ring (bicyclic) bond motifs is 1. The van der Waals surface area contributed by atoms with E-state index in [-0.39, 0.29) is 5.92 Å². The van der Waals surface area contributed by atoms with Crippen LogP contribution >= 0.6 is 0 Å². The van der Waals surface area contributed by atoms with E-state index < -0.39 is 0 Å². The highest BCUT2D eigenvalue weighted by Crippen LogP contribution is 2.39. The molecule has 2 aromatic rings. The first-order valence-electron chi connectivity index (χ1n) is 6.62. The van der Waals surface area contributed by atoms with Crippen molar-refractivity contribution >= 4 is 5.69 Å². The van der Waals surface area contributed by atoms with E-state index in [1.165, 1.54) is 0 Å². The molecular formula is C16H15N3O. The third-order valence-corrected chi connectivity index (χ3v) is 3.55. The summed E-state index contributed by atoms with van der Waals surface area (Å²) in [7, 11) is 0. The Morgan fingerprint density at radius 1 is 1.40 bits per heavy atom. The molecule has 1 atom stereocenters. The first-order valence-corrected chi connectivity index (χ1v) is 6.62. The first kappa shape index (κ1) is 12.5. The summed E-state index contributed by atoms with van der Waals surface area (Å²) in [5.41, 5.74) is 9.66. The molecule has 2 N–H and O–H groups in total. The van der Waals surface area contributed by atoms with Crippen LogP contribution in [0.2, 0.25) is 0 Å². The number of benzene rings is 1. The minimum Gasteiger partial charge on any atom is -0.493 e. The van der Waals surface area contributed by atoms with Crippen LogP contribution < -0.4 is 10.5 Å². The van der Waals surface area contributed by atoms with Crippen LogP contribution in [-0.4, -0.2) is 11.6 Å². The second-order valence-electron chi connectivity index (χ2n) is 4.87. The van der Waals surface area contributed by atoms with Crippen molar-refractivity contribution in [2.45, 2.75) is 18.8 Å². The summed E-state index contributed by atoms with van der Waals surface area (Å²) in [5.74, 6) is 0.779. The molecule has 1 aromatic carbocycles. The third-order valence-electron chi connectivity index (χ3n) is 3.55. The maximum atomic E-state index is 9.13. The molecule has 4 nitrogen and oxygen atoms in total. The molecule has 0 radical (unpaired) electrons. The molecule has 0 saturated carbocycles. The molecule has 20 heavy (non-hydrogen) atoms. The fraction of sp³-hybridized carbons (Fsp3) is 0.250. The maximum Gasteiger partial charge on any atom is 0.126 e. The lowest BCUT2D eigenvalue weighted by molar-refractivity contribution is 0.352. The zero-order valence-electron chi connectivity index (χ0n) is 11.0. The smallest absolute Gasteiger partial charge is 0.126 e. The van der Waals surface area contributed by atoms with E-state index >= 15 is 0 Å². The van der Waals surface area contributed by atoms with Gasteiger partial charge in [0.15, 0.2) is 0 Å². The summed E-state index contributed by atoms with van der Waals surface area (Å²) < 4.78 is 5.74. The van der Waals surface area contributed by atoms with Gasteiger partial charge in [-0.25, -0.2) is 0 Å². The van der Waals surface area contributed by atoms with Crippen molar-refractivity contribution in [3.05, 3.63) is 53.3 Å². The number of nitrogens with zero attached hydrogens (tertiary/aromatic N) is 2. The van der Waals surface area contributed by atoms with E-state index in [2.05, 4.69) is 11.1 Å². The van der Waals surface area contributed by atoms with E-state index in [0.29, 0.717) is 18.7 Å². The van der Waals surface area contributed by atoms with Gasteiger partial charge in [0, 0.05) is 41.9 Å². The van der Waals surface area contributed by atoms with Gasteiger partial charge in [0.05, 0.1) is 12.7 Å². The van der Waals surface area contributed by atoms with Gasteiger partial charge in [-0.1, -0.05) is 6.07 Å². The summed E-state index contributed by atoms with van der Waals surface area (Å²) in [4.78, 5) is 4.38. The number of hydrogen-bond acceptors (Lipinski definition) is 4. The lowest BCUT2D eigenvalue weighted by atomic mass is 9.90. The number of aromatic nitrogens is 1. The van der Waals surface area contributed by atoms with Crippen LogP contribution in [-0.2, 0) is 6.42 Å². The van der Waals surface area contributed by atoms with Crippen LogP contribution in [0.5, 0.6) is 5.75 Å². The van der Waals surface area contributed by atoms with E-state index in [4.69, 9.17) is 15.7 Å². The minimum atomic E-state index is -0.100. The first-order chi connectivity index (χ1) is 9.79. The normalized spacial score (nSPS) is 14.2. The lowest BCUT2D eigenvalue weighted by Crippen LogP contribution is -2.05. The van der Waals surface area contributed by atoms with E-state index in [0.717, 1.165) is 29.0 Å². The Balaban J connectivity index is 2.12. The molecule has 1 aliphatic heterocycles. The fourth-order valence-electron chi connectivity index (χ4n) is 2.67. The molecule has 0 spiro atoms. The van der Waals surface area contributed by atoms with Crippen LogP contribution in [0.25, 0.3) is 0 Å². The van der Waals surface area contributed by atoms with Crippen LogP contribution in [0.3, 0.4) is 0 Å². The average molecular weight is 265 g/mol. The molecule has 0 bridgehead atoms. The van der Waals surface area contributed by atoms with Gasteiger partial charge < -0.3 is 10.5 Å². The number of nitrogens with two attached hydrogens (primary N) is 1. The molecule has 100 valence electrons. The van der Waals surface area contributed by atoms with Crippen molar-refractivity contribution < 1.29 is 4.74 Å². The van der Waals surface area contributed by atoms with Gasteiger partial charge in [0.2, 0.25) is 0 Å². The Morgan fingerprint density at radius 2 is 2.30 bits per heavy atom. The van der Waals surface area contributed by atoms with Crippen LogP contribution in [0.1, 0.15) is 29.2 Å². The number of rotatable bonds is 3. The quantitative estimate of drug-likeness (QED) is 0.866. The second kappa shape index (κ2) is 5.22. The van der Waals surface area contributed by atoms with Gasteiger partial charge in [-0.05, 0) is 29.8 Å². The lowest BCUT2D eigenvalue weighted by Gasteiger charge is -2.17. The van der Waals surface area contributed by atoms with Crippen molar-refractivity contribution in [3.63, 3.8) is 0 Å². The summed E-state index contributed by atoms with van der Waals surface area (Å²) in [5, 5.41) is 9.13. The van der Waals surface area contributed by atoms with Crippen molar-refractivity contribution in [2.75, 3.05) is 12.3 Å². The number of anilines is 1. The van der Waals surface area contributed by atoms with E-state index in [1.807, 2.05) is 30.3 Å². The highest BCUT2D eigenvalue weighted by molar-refractivity contribution is 5.57. The van der Waals surface area contributed by atoms with Gasteiger partial charge in [-0.15, -0.1) is 0 Å². The number of nitriles is 1. The molecule has 1 unspecified atom stereocenters. The monoisotopic (exact) mass is 265 g/mol.